The van der Waals surface area contributed by atoms with Gasteiger partial charge in [-0.2, -0.15) is 0 Å². The number of hydrogen-bond acceptors (Lipinski definition) is 4. The minimum atomic E-state index is -0.288. The monoisotopic (exact) mass is 421 g/mol. The van der Waals surface area contributed by atoms with Gasteiger partial charge in [0.15, 0.2) is 0 Å². The van der Waals surface area contributed by atoms with Crippen LogP contribution in [0.1, 0.15) is 37.6 Å². The number of rotatable bonds is 7. The van der Waals surface area contributed by atoms with E-state index in [2.05, 4.69) is 22.2 Å². The molecule has 0 fully saturated rings. The molecule has 1 atom stereocenters. The number of anilines is 1. The highest BCUT2D eigenvalue weighted by Gasteiger charge is 2.14. The number of aromatic nitrogens is 2. The van der Waals surface area contributed by atoms with Crippen molar-refractivity contribution in [3.63, 3.8) is 0 Å². The Balaban J connectivity index is 0.00000280. The molecule has 3 rings (SSSR count). The molecule has 1 heterocycles. The molecule has 4 nitrogen and oxygen atoms in total. The molecule has 0 saturated heterocycles. The van der Waals surface area contributed by atoms with Gasteiger partial charge in [0, 0.05) is 0 Å². The quantitative estimate of drug-likeness (QED) is 0.466. The van der Waals surface area contributed by atoms with Crippen LogP contribution in [-0.2, 0) is 6.42 Å². The van der Waals surface area contributed by atoms with Crippen LogP contribution in [0, 0.1) is 5.82 Å². The topological polar surface area (TPSA) is 47.0 Å². The second-order valence-corrected chi connectivity index (χ2v) is 6.44. The average Bonchev–Trinajstić information content (AvgIpc) is 2.70. The molecule has 28 heavy (non-hydrogen) atoms. The Morgan fingerprint density at radius 2 is 1.61 bits per heavy atom. The minimum absolute atomic E-state index is 0. The van der Waals surface area contributed by atoms with Gasteiger partial charge in [0.25, 0.3) is 0 Å². The van der Waals surface area contributed by atoms with Gasteiger partial charge >= 0.3 is 0 Å². The number of nitrogens with zero attached hydrogens (tertiary/aromatic N) is 2. The van der Waals surface area contributed by atoms with Crippen molar-refractivity contribution in [2.75, 3.05) is 5.32 Å². The van der Waals surface area contributed by atoms with Crippen molar-refractivity contribution in [3.8, 4) is 11.5 Å². The van der Waals surface area contributed by atoms with E-state index in [1.54, 1.807) is 12.1 Å². The first kappa shape index (κ1) is 21.9. The van der Waals surface area contributed by atoms with Crippen molar-refractivity contribution < 1.29 is 9.13 Å². The summed E-state index contributed by atoms with van der Waals surface area (Å²) in [4.78, 5) is 8.47. The third-order valence-electron chi connectivity index (χ3n) is 4.25. The van der Waals surface area contributed by atoms with Crippen LogP contribution in [-0.4, -0.2) is 9.97 Å². The first-order valence-corrected chi connectivity index (χ1v) is 9.27. The fraction of sp³-hybridized carbons (Fsp3) is 0.238. The van der Waals surface area contributed by atoms with Gasteiger partial charge in [-0.3, -0.25) is 0 Å². The third kappa shape index (κ3) is 5.33. The Morgan fingerprint density at radius 3 is 2.18 bits per heavy atom. The maximum atomic E-state index is 13.0. The second kappa shape index (κ2) is 10.2. The van der Waals surface area contributed by atoms with Gasteiger partial charge in [-0.1, -0.05) is 37.6 Å². The maximum absolute atomic E-state index is 13.0. The van der Waals surface area contributed by atoms with E-state index in [-0.39, 0.29) is 24.3 Å². The first-order chi connectivity index (χ1) is 13.1. The molecule has 0 aliphatic carbocycles. The molecule has 0 aliphatic rings. The summed E-state index contributed by atoms with van der Waals surface area (Å²) in [6, 6.07) is 13.8. The van der Waals surface area contributed by atoms with Crippen molar-refractivity contribution in [1.82, 2.24) is 9.97 Å². The highest BCUT2D eigenvalue weighted by molar-refractivity contribution is 6.33. The summed E-state index contributed by atoms with van der Waals surface area (Å²) in [6.07, 6.45) is 3.14. The fourth-order valence-corrected chi connectivity index (χ4v) is 3.03. The average molecular weight is 422 g/mol. The molecule has 7 heteroatoms. The Hall–Kier alpha value is -2.37. The zero-order chi connectivity index (χ0) is 19.2. The lowest BCUT2D eigenvalue weighted by atomic mass is 10.0. The van der Waals surface area contributed by atoms with Crippen molar-refractivity contribution >= 4 is 29.8 Å². The molecule has 2 aromatic carbocycles. The van der Waals surface area contributed by atoms with E-state index in [1.807, 2.05) is 31.2 Å². The molecule has 0 spiro atoms. The standard InChI is InChI=1S/C21H21ClFN3O.ClH/c1-3-18(26-21-20(22)19(4-2)24-13-25-21)14-5-9-16(10-6-14)27-17-11-7-15(23)8-12-17;/h5-13,18H,3-4H2,1-2H3,(H,24,25,26);1H. The van der Waals surface area contributed by atoms with Gasteiger partial charge in [0.2, 0.25) is 0 Å². The van der Waals surface area contributed by atoms with Gasteiger partial charge in [0.1, 0.15) is 34.5 Å². The summed E-state index contributed by atoms with van der Waals surface area (Å²) >= 11 is 6.39. The third-order valence-corrected chi connectivity index (χ3v) is 4.64. The summed E-state index contributed by atoms with van der Waals surface area (Å²) in [6.45, 7) is 4.10. The van der Waals surface area contributed by atoms with Crippen LogP contribution >= 0.6 is 24.0 Å². The van der Waals surface area contributed by atoms with Crippen LogP contribution in [0.15, 0.2) is 54.9 Å². The molecule has 0 saturated carbocycles. The molecule has 0 amide bonds. The lowest BCUT2D eigenvalue weighted by Crippen LogP contribution is -2.12. The zero-order valence-corrected chi connectivity index (χ0v) is 17.2. The van der Waals surface area contributed by atoms with Gasteiger partial charge in [-0.05, 0) is 54.8 Å². The van der Waals surface area contributed by atoms with Crippen molar-refractivity contribution in [2.24, 2.45) is 0 Å². The van der Waals surface area contributed by atoms with Gasteiger partial charge in [-0.25, -0.2) is 14.4 Å². The number of aryl methyl sites for hydroxylation is 1. The second-order valence-electron chi connectivity index (χ2n) is 6.07. The molecule has 148 valence electrons. The van der Waals surface area contributed by atoms with E-state index < -0.39 is 0 Å². The smallest absolute Gasteiger partial charge is 0.149 e. The summed E-state index contributed by atoms with van der Waals surface area (Å²) in [5, 5.41) is 3.96. The predicted octanol–water partition coefficient (Wildman–Crippen LogP) is 6.61. The summed E-state index contributed by atoms with van der Waals surface area (Å²) < 4.78 is 18.7. The van der Waals surface area contributed by atoms with Crippen molar-refractivity contribution in [2.45, 2.75) is 32.7 Å². The molecule has 1 unspecified atom stereocenters. The molecule has 0 radical (unpaired) electrons. The van der Waals surface area contributed by atoms with Gasteiger partial charge in [0.05, 0.1) is 11.7 Å². The SMILES string of the molecule is CCc1ncnc(NC(CC)c2ccc(Oc3ccc(F)cc3)cc2)c1Cl.Cl. The molecular weight excluding hydrogens is 400 g/mol. The highest BCUT2D eigenvalue weighted by Crippen LogP contribution is 2.29. The molecule has 1 N–H and O–H groups in total. The maximum Gasteiger partial charge on any atom is 0.149 e. The minimum Gasteiger partial charge on any atom is -0.457 e. The Kier molecular flexibility index (Phi) is 8.03. The summed E-state index contributed by atoms with van der Waals surface area (Å²) in [5.41, 5.74) is 1.92. The van der Waals surface area contributed by atoms with Gasteiger partial charge < -0.3 is 10.1 Å². The van der Waals surface area contributed by atoms with Crippen LogP contribution < -0.4 is 10.1 Å². The lowest BCUT2D eigenvalue weighted by Gasteiger charge is -2.19. The Morgan fingerprint density at radius 1 is 1.00 bits per heavy atom. The number of hydrogen-bond donors (Lipinski definition) is 1. The van der Waals surface area contributed by atoms with Crippen LogP contribution in [0.3, 0.4) is 0 Å². The first-order valence-electron chi connectivity index (χ1n) is 8.90. The summed E-state index contributed by atoms with van der Waals surface area (Å²) in [7, 11) is 0. The van der Waals surface area contributed by atoms with E-state index in [1.165, 1.54) is 18.5 Å². The summed E-state index contributed by atoms with van der Waals surface area (Å²) in [5.74, 6) is 1.63. The highest BCUT2D eigenvalue weighted by atomic mass is 35.5. The van der Waals surface area contributed by atoms with E-state index >= 15 is 0 Å². The lowest BCUT2D eigenvalue weighted by molar-refractivity contribution is 0.480. The number of ether oxygens (including phenoxy) is 1. The van der Waals surface area contributed by atoms with E-state index in [0.717, 1.165) is 24.1 Å². The van der Waals surface area contributed by atoms with Crippen LogP contribution in [0.25, 0.3) is 0 Å². The Bertz CT molecular complexity index is 889. The predicted molar refractivity (Wildman–Crippen MR) is 113 cm³/mol. The van der Waals surface area contributed by atoms with E-state index in [9.17, 15) is 4.39 Å². The van der Waals surface area contributed by atoms with Crippen LogP contribution in [0.5, 0.6) is 11.5 Å². The molecule has 1 aromatic heterocycles. The Labute approximate surface area is 175 Å². The van der Waals surface area contributed by atoms with E-state index in [4.69, 9.17) is 16.3 Å². The molecular formula is C21H22Cl2FN3O. The number of benzene rings is 2. The molecule has 0 aliphatic heterocycles. The van der Waals surface area contributed by atoms with Crippen LogP contribution in [0.4, 0.5) is 10.2 Å². The van der Waals surface area contributed by atoms with Crippen molar-refractivity contribution in [3.05, 3.63) is 77.0 Å². The van der Waals surface area contributed by atoms with Crippen LogP contribution in [0.2, 0.25) is 5.02 Å². The zero-order valence-electron chi connectivity index (χ0n) is 15.7. The van der Waals surface area contributed by atoms with Gasteiger partial charge in [-0.15, -0.1) is 12.4 Å². The molecule has 3 aromatic rings. The fourth-order valence-electron chi connectivity index (χ4n) is 2.75. The number of halogens is 3. The normalized spacial score (nSPS) is 11.4. The largest absolute Gasteiger partial charge is 0.457 e. The van der Waals surface area contributed by atoms with Crippen molar-refractivity contribution in [1.29, 1.82) is 0 Å². The van der Waals surface area contributed by atoms with E-state index in [0.29, 0.717) is 22.3 Å². The number of nitrogens with one attached hydrogen (secondary N) is 1. The molecule has 0 bridgehead atoms.